The van der Waals surface area contributed by atoms with E-state index < -0.39 is 10.0 Å². The van der Waals surface area contributed by atoms with Crippen molar-refractivity contribution in [1.29, 1.82) is 0 Å². The monoisotopic (exact) mass is 362 g/mol. The smallest absolute Gasteiger partial charge is 0.244 e. The van der Waals surface area contributed by atoms with Crippen molar-refractivity contribution < 1.29 is 13.2 Å². The summed E-state index contributed by atoms with van der Waals surface area (Å²) < 4.78 is 33.9. The van der Waals surface area contributed by atoms with Crippen LogP contribution in [-0.2, 0) is 10.0 Å². The van der Waals surface area contributed by atoms with Crippen molar-refractivity contribution in [2.75, 3.05) is 19.7 Å². The molecule has 1 aromatic carbocycles. The van der Waals surface area contributed by atoms with Crippen molar-refractivity contribution in [3.05, 3.63) is 22.7 Å². The summed E-state index contributed by atoms with van der Waals surface area (Å²) in [5.74, 6) is 0.381. The molecule has 5 nitrogen and oxygen atoms in total. The zero-order chi connectivity index (χ0) is 14.6. The number of rotatable bonds is 5. The van der Waals surface area contributed by atoms with Crippen LogP contribution in [0.15, 0.2) is 27.6 Å². The van der Waals surface area contributed by atoms with E-state index in [9.17, 15) is 8.42 Å². The Morgan fingerprint density at radius 1 is 1.50 bits per heavy atom. The highest BCUT2D eigenvalue weighted by Crippen LogP contribution is 2.28. The fraction of sp³-hybridized carbons (Fsp3) is 0.538. The van der Waals surface area contributed by atoms with Crippen molar-refractivity contribution in [3.63, 3.8) is 0 Å². The van der Waals surface area contributed by atoms with Crippen molar-refractivity contribution in [1.82, 2.24) is 10.0 Å². The largest absolute Gasteiger partial charge is 0.492 e. The maximum atomic E-state index is 12.5. The Morgan fingerprint density at radius 3 is 2.95 bits per heavy atom. The first kappa shape index (κ1) is 15.8. The van der Waals surface area contributed by atoms with Crippen LogP contribution < -0.4 is 14.8 Å². The Morgan fingerprint density at radius 2 is 2.30 bits per heavy atom. The first-order chi connectivity index (χ1) is 9.53. The molecular weight excluding hydrogens is 344 g/mol. The van der Waals surface area contributed by atoms with Gasteiger partial charge >= 0.3 is 0 Å². The average molecular weight is 363 g/mol. The molecule has 7 heteroatoms. The van der Waals surface area contributed by atoms with E-state index in [0.29, 0.717) is 23.4 Å². The number of piperidine rings is 1. The van der Waals surface area contributed by atoms with Crippen LogP contribution in [0.25, 0.3) is 0 Å². The highest BCUT2D eigenvalue weighted by atomic mass is 79.9. The minimum Gasteiger partial charge on any atom is -0.492 e. The minimum atomic E-state index is -3.58. The third-order valence-corrected chi connectivity index (χ3v) is 5.15. The summed E-state index contributed by atoms with van der Waals surface area (Å²) in [6, 6.07) is 4.94. The molecule has 1 aliphatic heterocycles. The lowest BCUT2D eigenvalue weighted by Crippen LogP contribution is -2.45. The van der Waals surface area contributed by atoms with Crippen LogP contribution in [0.5, 0.6) is 5.75 Å². The second kappa shape index (κ2) is 6.89. The summed E-state index contributed by atoms with van der Waals surface area (Å²) in [4.78, 5) is 0.180. The molecule has 1 aliphatic rings. The molecule has 20 heavy (non-hydrogen) atoms. The fourth-order valence-electron chi connectivity index (χ4n) is 2.20. The topological polar surface area (TPSA) is 67.4 Å². The maximum Gasteiger partial charge on any atom is 0.244 e. The molecule has 0 spiro atoms. The van der Waals surface area contributed by atoms with Gasteiger partial charge in [0.1, 0.15) is 10.6 Å². The van der Waals surface area contributed by atoms with Crippen LogP contribution in [0.2, 0.25) is 0 Å². The third-order valence-electron chi connectivity index (χ3n) is 3.11. The molecule has 0 unspecified atom stereocenters. The molecule has 1 atom stereocenters. The summed E-state index contributed by atoms with van der Waals surface area (Å²) in [5.41, 5.74) is 0. The van der Waals surface area contributed by atoms with Crippen LogP contribution in [0.3, 0.4) is 0 Å². The maximum absolute atomic E-state index is 12.5. The zero-order valence-electron chi connectivity index (χ0n) is 11.4. The molecule has 2 rings (SSSR count). The predicted octanol–water partition coefficient (Wildman–Crippen LogP) is 1.88. The third kappa shape index (κ3) is 3.94. The van der Waals surface area contributed by atoms with E-state index in [1.54, 1.807) is 18.2 Å². The SMILES string of the molecule is CCOc1ccc(Br)cc1S(=O)(=O)N[C@H]1CCCNC1. The van der Waals surface area contributed by atoms with E-state index in [1.807, 2.05) is 6.92 Å². The van der Waals surface area contributed by atoms with Crippen LogP contribution in [0.4, 0.5) is 0 Å². The predicted molar refractivity (Wildman–Crippen MR) is 81.5 cm³/mol. The van der Waals surface area contributed by atoms with Crippen molar-refractivity contribution in [3.8, 4) is 5.75 Å². The van der Waals surface area contributed by atoms with Gasteiger partial charge in [-0.25, -0.2) is 13.1 Å². The first-order valence-electron chi connectivity index (χ1n) is 6.68. The van der Waals surface area contributed by atoms with E-state index in [1.165, 1.54) is 0 Å². The lowest BCUT2D eigenvalue weighted by molar-refractivity contribution is 0.330. The molecule has 1 heterocycles. The van der Waals surface area contributed by atoms with Gasteiger partial charge in [0.05, 0.1) is 6.61 Å². The molecule has 0 aromatic heterocycles. The number of ether oxygens (including phenoxy) is 1. The standard InChI is InChI=1S/C13H19BrN2O3S/c1-2-19-12-6-5-10(14)8-13(12)20(17,18)16-11-4-3-7-15-9-11/h5-6,8,11,15-16H,2-4,7,9H2,1H3/t11-/m0/s1. The number of halogens is 1. The number of nitrogens with one attached hydrogen (secondary N) is 2. The zero-order valence-corrected chi connectivity index (χ0v) is 13.8. The minimum absolute atomic E-state index is 0.0674. The lowest BCUT2D eigenvalue weighted by Gasteiger charge is -2.24. The Bertz CT molecular complexity index is 557. The van der Waals surface area contributed by atoms with Crippen molar-refractivity contribution in [2.24, 2.45) is 0 Å². The number of hydrogen-bond donors (Lipinski definition) is 2. The molecule has 2 N–H and O–H groups in total. The van der Waals surface area contributed by atoms with E-state index in [-0.39, 0.29) is 10.9 Å². The number of benzene rings is 1. The second-order valence-electron chi connectivity index (χ2n) is 4.69. The first-order valence-corrected chi connectivity index (χ1v) is 8.96. The highest BCUT2D eigenvalue weighted by molar-refractivity contribution is 9.10. The normalized spacial score (nSPS) is 19.8. The van der Waals surface area contributed by atoms with E-state index in [4.69, 9.17) is 4.74 Å². The summed E-state index contributed by atoms with van der Waals surface area (Å²) in [6.07, 6.45) is 1.83. The fourth-order valence-corrected chi connectivity index (χ4v) is 4.16. The molecular formula is C13H19BrN2O3S. The summed E-state index contributed by atoms with van der Waals surface area (Å²) >= 11 is 3.30. The van der Waals surface area contributed by atoms with E-state index in [0.717, 1.165) is 19.4 Å². The number of sulfonamides is 1. The molecule has 1 fully saturated rings. The van der Waals surface area contributed by atoms with Crippen molar-refractivity contribution in [2.45, 2.75) is 30.7 Å². The summed E-state index contributed by atoms with van der Waals surface area (Å²) in [6.45, 7) is 3.86. The molecule has 0 amide bonds. The molecule has 112 valence electrons. The number of hydrogen-bond acceptors (Lipinski definition) is 4. The Kier molecular flexibility index (Phi) is 5.42. The Labute approximate surface area is 128 Å². The molecule has 0 radical (unpaired) electrons. The van der Waals surface area contributed by atoms with Gasteiger partial charge in [0.25, 0.3) is 0 Å². The highest BCUT2D eigenvalue weighted by Gasteiger charge is 2.25. The summed E-state index contributed by atoms with van der Waals surface area (Å²) in [7, 11) is -3.58. The van der Waals surface area contributed by atoms with Crippen molar-refractivity contribution >= 4 is 26.0 Å². The van der Waals surface area contributed by atoms with Crippen LogP contribution in [0.1, 0.15) is 19.8 Å². The lowest BCUT2D eigenvalue weighted by atomic mass is 10.1. The Balaban J connectivity index is 2.25. The van der Waals surface area contributed by atoms with E-state index >= 15 is 0 Å². The van der Waals surface area contributed by atoms with Gasteiger partial charge in [0.15, 0.2) is 0 Å². The van der Waals surface area contributed by atoms with Gasteiger partial charge in [-0.3, -0.25) is 0 Å². The van der Waals surface area contributed by atoms with Gasteiger partial charge in [-0.1, -0.05) is 15.9 Å². The van der Waals surface area contributed by atoms with Gasteiger partial charge in [-0.2, -0.15) is 0 Å². The van der Waals surface area contributed by atoms with Crippen LogP contribution in [-0.4, -0.2) is 34.2 Å². The van der Waals surface area contributed by atoms with Crippen LogP contribution >= 0.6 is 15.9 Å². The molecule has 0 saturated carbocycles. The van der Waals surface area contributed by atoms with Gasteiger partial charge < -0.3 is 10.1 Å². The molecule has 0 bridgehead atoms. The molecule has 1 saturated heterocycles. The van der Waals surface area contributed by atoms with E-state index in [2.05, 4.69) is 26.0 Å². The van der Waals surface area contributed by atoms with Gasteiger partial charge in [0.2, 0.25) is 10.0 Å². The van der Waals surface area contributed by atoms with Crippen LogP contribution in [0, 0.1) is 0 Å². The average Bonchev–Trinajstić information content (AvgIpc) is 2.41. The summed E-state index contributed by atoms with van der Waals surface area (Å²) in [5, 5.41) is 3.19. The van der Waals surface area contributed by atoms with Gasteiger partial charge in [-0.15, -0.1) is 0 Å². The second-order valence-corrected chi connectivity index (χ2v) is 7.29. The molecule has 1 aromatic rings. The van der Waals surface area contributed by atoms with Gasteiger partial charge in [-0.05, 0) is 44.5 Å². The van der Waals surface area contributed by atoms with Gasteiger partial charge in [0, 0.05) is 17.1 Å². The Hall–Kier alpha value is -0.630. The molecule has 0 aliphatic carbocycles. The quantitative estimate of drug-likeness (QED) is 0.838.